The van der Waals surface area contributed by atoms with E-state index in [1.165, 1.54) is 5.69 Å². The van der Waals surface area contributed by atoms with Crippen LogP contribution < -0.4 is 9.64 Å². The van der Waals surface area contributed by atoms with Crippen LogP contribution >= 0.6 is 0 Å². The van der Waals surface area contributed by atoms with Crippen LogP contribution in [-0.2, 0) is 26.2 Å². The fourth-order valence-corrected chi connectivity index (χ4v) is 5.40. The van der Waals surface area contributed by atoms with E-state index in [-0.39, 0.29) is 6.04 Å². The number of imidazole rings is 1. The molecule has 1 aromatic carbocycles. The molecule has 0 spiro atoms. The summed E-state index contributed by atoms with van der Waals surface area (Å²) >= 11 is 0. The number of fused-ring (bicyclic) bond motifs is 1. The SMILES string of the molecule is COc1ncnc(C2CC2)c1-c1nn(C)c2c1CN(c1ccc(-c3nc(C(F)(F)F)cn3C(C)C)cc1)CC2. The molecule has 11 heteroatoms. The summed E-state index contributed by atoms with van der Waals surface area (Å²) in [5.74, 6) is 1.24. The second-order valence-electron chi connectivity index (χ2n) is 10.5. The number of nitrogens with zero attached hydrogens (tertiary/aromatic N) is 7. The van der Waals surface area contributed by atoms with Crippen LogP contribution in [0.4, 0.5) is 18.9 Å². The van der Waals surface area contributed by atoms with Gasteiger partial charge in [0, 0.05) is 67.2 Å². The van der Waals surface area contributed by atoms with Gasteiger partial charge in [0.2, 0.25) is 5.88 Å². The molecule has 0 unspecified atom stereocenters. The normalized spacial score (nSPS) is 15.6. The Morgan fingerprint density at radius 3 is 2.46 bits per heavy atom. The predicted molar refractivity (Wildman–Crippen MR) is 141 cm³/mol. The monoisotopic (exact) mass is 537 g/mol. The quantitative estimate of drug-likeness (QED) is 0.310. The summed E-state index contributed by atoms with van der Waals surface area (Å²) in [6.07, 6.45) is 1.15. The van der Waals surface area contributed by atoms with Crippen molar-refractivity contribution in [2.24, 2.45) is 7.05 Å². The number of hydrogen-bond acceptors (Lipinski definition) is 6. The minimum Gasteiger partial charge on any atom is -0.480 e. The van der Waals surface area contributed by atoms with Crippen LogP contribution in [0, 0.1) is 0 Å². The van der Waals surface area contributed by atoms with E-state index in [1.54, 1.807) is 18.0 Å². The summed E-state index contributed by atoms with van der Waals surface area (Å²) in [6.45, 7) is 5.12. The van der Waals surface area contributed by atoms with Crippen molar-refractivity contribution < 1.29 is 17.9 Å². The Bertz CT molecular complexity index is 1520. The molecule has 3 aromatic heterocycles. The molecular weight excluding hydrogens is 507 g/mol. The standard InChI is InChI=1S/C28H30F3N7O/c1-16(2)38-14-22(28(29,30)31)34-26(38)18-7-9-19(10-8-18)37-12-11-21-20(13-37)25(35-36(21)3)23-24(17-5-6-17)32-15-33-27(23)39-4/h7-10,14-17H,5-6,11-13H2,1-4H3. The van der Waals surface area contributed by atoms with Gasteiger partial charge in [-0.3, -0.25) is 4.68 Å². The van der Waals surface area contributed by atoms with E-state index in [0.29, 0.717) is 29.7 Å². The molecule has 0 amide bonds. The van der Waals surface area contributed by atoms with Crippen molar-refractivity contribution >= 4 is 5.69 Å². The maximum Gasteiger partial charge on any atom is 0.434 e. The van der Waals surface area contributed by atoms with Gasteiger partial charge < -0.3 is 14.2 Å². The molecule has 1 aliphatic carbocycles. The Balaban J connectivity index is 1.33. The second kappa shape index (κ2) is 9.39. The maximum atomic E-state index is 13.4. The average Bonchev–Trinajstić information content (AvgIpc) is 3.57. The van der Waals surface area contributed by atoms with Crippen LogP contribution in [0.3, 0.4) is 0 Å². The van der Waals surface area contributed by atoms with E-state index >= 15 is 0 Å². The Morgan fingerprint density at radius 2 is 1.82 bits per heavy atom. The van der Waals surface area contributed by atoms with Crippen molar-refractivity contribution in [2.75, 3.05) is 18.6 Å². The lowest BCUT2D eigenvalue weighted by Gasteiger charge is -2.30. The lowest BCUT2D eigenvalue weighted by Crippen LogP contribution is -2.31. The first-order valence-corrected chi connectivity index (χ1v) is 13.1. The fourth-order valence-electron chi connectivity index (χ4n) is 5.40. The van der Waals surface area contributed by atoms with Crippen molar-refractivity contribution in [1.82, 2.24) is 29.3 Å². The minimum absolute atomic E-state index is 0.160. The van der Waals surface area contributed by atoms with E-state index in [1.807, 2.05) is 49.8 Å². The van der Waals surface area contributed by atoms with Crippen LogP contribution in [0.25, 0.3) is 22.6 Å². The first kappa shape index (κ1) is 25.4. The second-order valence-corrected chi connectivity index (χ2v) is 10.5. The van der Waals surface area contributed by atoms with Crippen LogP contribution in [0.5, 0.6) is 5.88 Å². The van der Waals surface area contributed by atoms with Gasteiger partial charge in [0.1, 0.15) is 17.8 Å². The zero-order valence-corrected chi connectivity index (χ0v) is 22.3. The van der Waals surface area contributed by atoms with Crippen molar-refractivity contribution in [1.29, 1.82) is 0 Å². The van der Waals surface area contributed by atoms with Gasteiger partial charge in [-0.2, -0.15) is 18.3 Å². The number of aryl methyl sites for hydroxylation is 1. The third kappa shape index (κ3) is 4.53. The molecule has 204 valence electrons. The molecule has 0 radical (unpaired) electrons. The molecule has 0 saturated heterocycles. The molecule has 4 heterocycles. The van der Waals surface area contributed by atoms with Crippen molar-refractivity contribution in [2.45, 2.75) is 57.8 Å². The van der Waals surface area contributed by atoms with Gasteiger partial charge in [0.25, 0.3) is 0 Å². The number of rotatable bonds is 6. The molecular formula is C28H30F3N7O. The number of aromatic nitrogens is 6. The smallest absolute Gasteiger partial charge is 0.434 e. The topological polar surface area (TPSA) is 73.9 Å². The highest BCUT2D eigenvalue weighted by Gasteiger charge is 2.36. The van der Waals surface area contributed by atoms with Gasteiger partial charge in [0.05, 0.1) is 18.4 Å². The zero-order chi connectivity index (χ0) is 27.5. The summed E-state index contributed by atoms with van der Waals surface area (Å²) in [5, 5.41) is 4.90. The lowest BCUT2D eigenvalue weighted by molar-refractivity contribution is -0.140. The summed E-state index contributed by atoms with van der Waals surface area (Å²) in [7, 11) is 3.58. The van der Waals surface area contributed by atoms with Crippen LogP contribution in [-0.4, -0.2) is 43.0 Å². The summed E-state index contributed by atoms with van der Waals surface area (Å²) in [5.41, 5.74) is 5.75. The molecule has 8 nitrogen and oxygen atoms in total. The number of hydrogen-bond donors (Lipinski definition) is 0. The number of ether oxygens (including phenoxy) is 1. The Morgan fingerprint density at radius 1 is 1.08 bits per heavy atom. The van der Waals surface area contributed by atoms with Crippen LogP contribution in [0.2, 0.25) is 0 Å². The van der Waals surface area contributed by atoms with E-state index in [0.717, 1.165) is 60.2 Å². The molecule has 0 N–H and O–H groups in total. The Hall–Kier alpha value is -3.89. The highest BCUT2D eigenvalue weighted by molar-refractivity contribution is 5.73. The Kier molecular flexibility index (Phi) is 6.11. The highest BCUT2D eigenvalue weighted by atomic mass is 19.4. The number of benzene rings is 1. The van der Waals surface area contributed by atoms with Gasteiger partial charge in [-0.15, -0.1) is 0 Å². The number of alkyl halides is 3. The van der Waals surface area contributed by atoms with Crippen molar-refractivity contribution in [3.8, 4) is 28.5 Å². The number of halogens is 3. The highest BCUT2D eigenvalue weighted by Crippen LogP contribution is 2.46. The molecule has 0 bridgehead atoms. The summed E-state index contributed by atoms with van der Waals surface area (Å²) < 4.78 is 49.2. The summed E-state index contributed by atoms with van der Waals surface area (Å²) in [4.78, 5) is 15.2. The van der Waals surface area contributed by atoms with E-state index in [2.05, 4.69) is 19.9 Å². The van der Waals surface area contributed by atoms with E-state index < -0.39 is 11.9 Å². The largest absolute Gasteiger partial charge is 0.480 e. The zero-order valence-electron chi connectivity index (χ0n) is 22.3. The van der Waals surface area contributed by atoms with Crippen molar-refractivity contribution in [3.05, 3.63) is 59.4 Å². The van der Waals surface area contributed by atoms with Gasteiger partial charge >= 0.3 is 6.18 Å². The first-order valence-electron chi connectivity index (χ1n) is 13.1. The van der Waals surface area contributed by atoms with Crippen LogP contribution in [0.1, 0.15) is 61.3 Å². The number of anilines is 1. The molecule has 0 atom stereocenters. The predicted octanol–water partition coefficient (Wildman–Crippen LogP) is 5.79. The first-order chi connectivity index (χ1) is 18.7. The average molecular weight is 538 g/mol. The molecule has 1 saturated carbocycles. The van der Waals surface area contributed by atoms with E-state index in [9.17, 15) is 13.2 Å². The molecule has 1 aliphatic heterocycles. The lowest BCUT2D eigenvalue weighted by atomic mass is 9.98. The molecule has 1 fully saturated rings. The third-order valence-electron chi connectivity index (χ3n) is 7.55. The van der Waals surface area contributed by atoms with Crippen LogP contribution in [0.15, 0.2) is 36.8 Å². The molecule has 6 rings (SSSR count). The van der Waals surface area contributed by atoms with Crippen molar-refractivity contribution in [3.63, 3.8) is 0 Å². The van der Waals surface area contributed by atoms with Gasteiger partial charge in [-0.25, -0.2) is 15.0 Å². The maximum absolute atomic E-state index is 13.4. The molecule has 39 heavy (non-hydrogen) atoms. The fraction of sp³-hybridized carbons (Fsp3) is 0.429. The molecule has 4 aromatic rings. The number of methoxy groups -OCH3 is 1. The van der Waals surface area contributed by atoms with Gasteiger partial charge in [0.15, 0.2) is 5.69 Å². The summed E-state index contributed by atoms with van der Waals surface area (Å²) in [6, 6.07) is 7.42. The minimum atomic E-state index is -4.49. The third-order valence-corrected chi connectivity index (χ3v) is 7.55. The molecule has 2 aliphatic rings. The Labute approximate surface area is 224 Å². The van der Waals surface area contributed by atoms with E-state index in [4.69, 9.17) is 9.84 Å². The van der Waals surface area contributed by atoms with Gasteiger partial charge in [-0.05, 0) is 51.0 Å². The van der Waals surface area contributed by atoms with Gasteiger partial charge in [-0.1, -0.05) is 0 Å².